The number of nitrogens with zero attached hydrogens (tertiary/aromatic N) is 2. The first kappa shape index (κ1) is 42.4. The number of hydrogen-bond donors (Lipinski definition) is 0. The fourth-order valence-corrected chi connectivity index (χ4v) is 10.6. The topological polar surface area (TPSA) is 6.48 Å². The molecule has 0 aliphatic heterocycles. The Morgan fingerprint density at radius 1 is 0.203 bits per heavy atom. The largest absolute Gasteiger partial charge is 0.310 e. The summed E-state index contributed by atoms with van der Waals surface area (Å²) in [6.07, 6.45) is 0. The van der Waals surface area contributed by atoms with Crippen molar-refractivity contribution in [3.8, 4) is 22.3 Å². The maximum Gasteiger partial charge on any atom is 0.0468 e. The average molecular weight is 833 g/mol. The van der Waals surface area contributed by atoms with E-state index < -0.39 is 0 Å². The van der Waals surface area contributed by atoms with Crippen molar-refractivity contribution in [2.75, 3.05) is 9.80 Å². The summed E-state index contributed by atoms with van der Waals surface area (Å²) in [5, 5.41) is 4.93. The normalized spacial score (nSPS) is 11.4. The van der Waals surface area contributed by atoms with Gasteiger partial charge in [-0.25, -0.2) is 0 Å². The van der Waals surface area contributed by atoms with Gasteiger partial charge in [0.1, 0.15) is 0 Å². The molecule has 0 heterocycles. The highest BCUT2D eigenvalue weighted by molar-refractivity contribution is 6.22. The van der Waals surface area contributed by atoms with E-state index in [2.05, 4.69) is 238 Å². The van der Waals surface area contributed by atoms with E-state index in [0.717, 1.165) is 34.1 Å². The lowest BCUT2D eigenvalue weighted by molar-refractivity contribution is 1.24. The molecule has 0 spiro atoms. The van der Waals surface area contributed by atoms with E-state index in [4.69, 9.17) is 0 Å². The molecule has 0 atom stereocenters. The van der Waals surface area contributed by atoms with Crippen LogP contribution in [-0.2, 0) is 0 Å². The van der Waals surface area contributed by atoms with E-state index in [1.54, 1.807) is 0 Å². The van der Waals surface area contributed by atoms with E-state index in [9.17, 15) is 0 Å². The Kier molecular flexibility index (Phi) is 11.0. The molecule has 0 amide bonds. The molecule has 9 aromatic carbocycles. The Bertz CT molecular complexity index is 2860. The van der Waals surface area contributed by atoms with Crippen LogP contribution >= 0.6 is 0 Å². The Labute approximate surface area is 381 Å². The van der Waals surface area contributed by atoms with E-state index in [1.165, 1.54) is 111 Å². The smallest absolute Gasteiger partial charge is 0.0468 e. The summed E-state index contributed by atoms with van der Waals surface area (Å²) in [4.78, 5) is 4.92. The molecule has 0 N–H and O–H groups in total. The molecule has 0 saturated carbocycles. The van der Waals surface area contributed by atoms with Crippen LogP contribution in [0.3, 0.4) is 0 Å². The van der Waals surface area contributed by atoms with E-state index in [-0.39, 0.29) is 0 Å². The maximum absolute atomic E-state index is 2.47. The van der Waals surface area contributed by atoms with Crippen molar-refractivity contribution >= 4 is 55.7 Å². The summed E-state index contributed by atoms with van der Waals surface area (Å²) in [7, 11) is 0. The van der Waals surface area contributed by atoms with Crippen LogP contribution < -0.4 is 9.80 Å². The van der Waals surface area contributed by atoms with Crippen LogP contribution in [0.2, 0.25) is 0 Å². The van der Waals surface area contributed by atoms with Crippen molar-refractivity contribution < 1.29 is 0 Å². The van der Waals surface area contributed by atoms with Gasteiger partial charge in [0.15, 0.2) is 0 Å². The SMILES string of the molecule is Cc1cc(C)cc(-c2c3ccc(N(c4cc(C)cc(C)c4)c4cc(C)cc(C)c4)cc3c(-c3cc(C)cc(C)c3)c3ccc(N(c4cc(C)cc(C)c4)c4cc(C)cc(C)c4)cc23)c1. The lowest BCUT2D eigenvalue weighted by Gasteiger charge is -2.29. The summed E-state index contributed by atoms with van der Waals surface area (Å²) in [5.74, 6) is 0. The number of benzene rings is 9. The van der Waals surface area contributed by atoms with Crippen LogP contribution in [0.4, 0.5) is 34.1 Å². The standard InChI is InChI=1S/C62H60N2/c1-37-17-38(2)24-49(23-37)61-57-15-13-52(64(55-31-45(9)21-46(10)32-55)56-33-47(11)22-48(12)34-56)36-60(57)62(50-25-39(3)18-40(4)26-50)58-16-14-51(35-59(58)61)63(53-27-41(5)19-42(6)28-53)54-29-43(7)20-44(8)30-54/h13-36H,1-12H3. The molecule has 2 nitrogen and oxygen atoms in total. The van der Waals surface area contributed by atoms with Crippen molar-refractivity contribution in [1.82, 2.24) is 0 Å². The minimum absolute atomic E-state index is 1.13. The Balaban J connectivity index is 1.43. The Hall–Kier alpha value is -6.90. The van der Waals surface area contributed by atoms with Gasteiger partial charge in [-0.05, 0) is 244 Å². The third kappa shape index (κ3) is 8.33. The fourth-order valence-electron chi connectivity index (χ4n) is 10.6. The molecule has 9 aromatic rings. The van der Waals surface area contributed by atoms with Crippen molar-refractivity contribution in [3.05, 3.63) is 212 Å². The zero-order valence-electron chi connectivity index (χ0n) is 39.8. The first-order chi connectivity index (χ1) is 30.6. The molecule has 9 rings (SSSR count). The summed E-state index contributed by atoms with van der Waals surface area (Å²) >= 11 is 0. The highest BCUT2D eigenvalue weighted by Gasteiger charge is 2.23. The van der Waals surface area contributed by atoms with Crippen LogP contribution in [0, 0.1) is 83.1 Å². The fraction of sp³-hybridized carbons (Fsp3) is 0.194. The van der Waals surface area contributed by atoms with E-state index in [1.807, 2.05) is 0 Å². The number of rotatable bonds is 8. The van der Waals surface area contributed by atoms with E-state index >= 15 is 0 Å². The first-order valence-electron chi connectivity index (χ1n) is 22.7. The van der Waals surface area contributed by atoms with E-state index in [0.29, 0.717) is 0 Å². The van der Waals surface area contributed by atoms with Gasteiger partial charge in [-0.1, -0.05) is 95.1 Å². The zero-order valence-corrected chi connectivity index (χ0v) is 39.8. The molecular weight excluding hydrogens is 773 g/mol. The van der Waals surface area contributed by atoms with Crippen molar-refractivity contribution in [2.45, 2.75) is 83.1 Å². The molecule has 318 valence electrons. The molecule has 0 radical (unpaired) electrons. The van der Waals surface area contributed by atoms with Crippen molar-refractivity contribution in [3.63, 3.8) is 0 Å². The lowest BCUT2D eigenvalue weighted by Crippen LogP contribution is -2.11. The summed E-state index contributed by atoms with van der Waals surface area (Å²) < 4.78 is 0. The number of anilines is 6. The second kappa shape index (κ2) is 16.7. The molecule has 0 saturated heterocycles. The third-order valence-corrected chi connectivity index (χ3v) is 12.5. The first-order valence-corrected chi connectivity index (χ1v) is 22.7. The Morgan fingerprint density at radius 3 is 0.656 bits per heavy atom. The predicted molar refractivity (Wildman–Crippen MR) is 279 cm³/mol. The third-order valence-electron chi connectivity index (χ3n) is 12.5. The predicted octanol–water partition coefficient (Wildman–Crippen LogP) is 18.0. The number of hydrogen-bond acceptors (Lipinski definition) is 2. The average Bonchev–Trinajstić information content (AvgIpc) is 3.18. The monoisotopic (exact) mass is 832 g/mol. The van der Waals surface area contributed by atoms with Gasteiger partial charge in [-0.2, -0.15) is 0 Å². The molecule has 0 bridgehead atoms. The van der Waals surface area contributed by atoms with Gasteiger partial charge in [0, 0.05) is 34.1 Å². The number of fused-ring (bicyclic) bond motifs is 2. The quantitative estimate of drug-likeness (QED) is 0.141. The molecule has 0 aliphatic rings. The highest BCUT2D eigenvalue weighted by atomic mass is 15.1. The van der Waals surface area contributed by atoms with Crippen LogP contribution in [0.25, 0.3) is 43.8 Å². The molecular formula is C62H60N2. The van der Waals surface area contributed by atoms with Gasteiger partial charge in [0.2, 0.25) is 0 Å². The molecule has 2 heteroatoms. The van der Waals surface area contributed by atoms with Gasteiger partial charge >= 0.3 is 0 Å². The Morgan fingerprint density at radius 2 is 0.422 bits per heavy atom. The zero-order chi connectivity index (χ0) is 45.1. The van der Waals surface area contributed by atoms with Crippen molar-refractivity contribution in [2.24, 2.45) is 0 Å². The maximum atomic E-state index is 2.47. The van der Waals surface area contributed by atoms with Gasteiger partial charge in [-0.15, -0.1) is 0 Å². The second-order valence-electron chi connectivity index (χ2n) is 19.0. The van der Waals surface area contributed by atoms with Gasteiger partial charge in [-0.3, -0.25) is 0 Å². The highest BCUT2D eigenvalue weighted by Crippen LogP contribution is 2.49. The van der Waals surface area contributed by atoms with Crippen molar-refractivity contribution in [1.29, 1.82) is 0 Å². The molecule has 0 unspecified atom stereocenters. The summed E-state index contributed by atoms with van der Waals surface area (Å²) in [6.45, 7) is 26.5. The number of aryl methyl sites for hydroxylation is 12. The summed E-state index contributed by atoms with van der Waals surface area (Å²) in [6, 6.07) is 56.1. The van der Waals surface area contributed by atoms with Crippen LogP contribution in [0.1, 0.15) is 66.8 Å². The van der Waals surface area contributed by atoms with Crippen LogP contribution in [0.5, 0.6) is 0 Å². The second-order valence-corrected chi connectivity index (χ2v) is 19.0. The van der Waals surface area contributed by atoms with Gasteiger partial charge < -0.3 is 9.80 Å². The molecule has 0 aromatic heterocycles. The molecule has 0 aliphatic carbocycles. The van der Waals surface area contributed by atoms with Crippen LogP contribution in [-0.4, -0.2) is 0 Å². The molecule has 64 heavy (non-hydrogen) atoms. The molecule has 0 fully saturated rings. The van der Waals surface area contributed by atoms with Gasteiger partial charge in [0.05, 0.1) is 0 Å². The lowest BCUT2D eigenvalue weighted by atomic mass is 9.84. The van der Waals surface area contributed by atoms with Crippen LogP contribution in [0.15, 0.2) is 146 Å². The minimum atomic E-state index is 1.13. The van der Waals surface area contributed by atoms with Gasteiger partial charge in [0.25, 0.3) is 0 Å². The summed E-state index contributed by atoms with van der Waals surface area (Å²) in [5.41, 5.74) is 26.9. The minimum Gasteiger partial charge on any atom is -0.310 e.